The number of nitrogens with one attached hydrogen (secondary N) is 1. The van der Waals surface area contributed by atoms with Gasteiger partial charge in [-0.1, -0.05) is 24.3 Å². The maximum absolute atomic E-state index is 13.1. The third kappa shape index (κ3) is 5.39. The number of imide groups is 2. The van der Waals surface area contributed by atoms with Crippen molar-refractivity contribution < 1.29 is 19.1 Å². The van der Waals surface area contributed by atoms with Crippen LogP contribution < -0.4 is 15.0 Å². The molecule has 3 aromatic carbocycles. The molecule has 0 atom stereocenters. The van der Waals surface area contributed by atoms with Crippen molar-refractivity contribution in [3.8, 4) is 5.75 Å². The number of halogens is 2. The minimum Gasteiger partial charge on any atom is -0.488 e. The average Bonchev–Trinajstić information content (AvgIpc) is 2.76. The maximum Gasteiger partial charge on any atom is 0.335 e. The summed E-state index contributed by atoms with van der Waals surface area (Å²) in [6.45, 7) is 4.17. The Morgan fingerprint density at radius 1 is 0.971 bits per heavy atom. The van der Waals surface area contributed by atoms with Gasteiger partial charge >= 0.3 is 6.03 Å². The number of urea groups is 1. The van der Waals surface area contributed by atoms with Crippen LogP contribution in [0.4, 0.5) is 10.5 Å². The predicted molar refractivity (Wildman–Crippen MR) is 143 cm³/mol. The molecule has 0 bridgehead atoms. The summed E-state index contributed by atoms with van der Waals surface area (Å²) in [5.41, 5.74) is 3.75. The lowest BCUT2D eigenvalue weighted by Gasteiger charge is -2.27. The first-order valence-corrected chi connectivity index (χ1v) is 12.2. The lowest BCUT2D eigenvalue weighted by Crippen LogP contribution is -2.54. The van der Waals surface area contributed by atoms with Gasteiger partial charge in [0.25, 0.3) is 11.8 Å². The first-order chi connectivity index (χ1) is 16.2. The highest BCUT2D eigenvalue weighted by molar-refractivity contribution is 14.1. The summed E-state index contributed by atoms with van der Waals surface area (Å²) in [5.74, 6) is -0.771. The van der Waals surface area contributed by atoms with Crippen LogP contribution in [0.2, 0.25) is 0 Å². The number of rotatable bonds is 5. The Hall–Kier alpha value is -2.98. The summed E-state index contributed by atoms with van der Waals surface area (Å²) >= 11 is 5.75. The predicted octanol–water partition coefficient (Wildman–Crippen LogP) is 5.92. The summed E-state index contributed by atoms with van der Waals surface area (Å²) in [7, 11) is 0. The topological polar surface area (TPSA) is 75.7 Å². The molecule has 0 aromatic heterocycles. The van der Waals surface area contributed by atoms with E-state index >= 15 is 0 Å². The average molecular weight is 631 g/mol. The van der Waals surface area contributed by atoms with E-state index in [2.05, 4.69) is 43.8 Å². The van der Waals surface area contributed by atoms with Gasteiger partial charge in [0.15, 0.2) is 0 Å². The second kappa shape index (κ2) is 10.1. The number of anilines is 1. The van der Waals surface area contributed by atoms with Crippen LogP contribution in [-0.2, 0) is 16.2 Å². The van der Waals surface area contributed by atoms with Crippen molar-refractivity contribution in [2.45, 2.75) is 20.5 Å². The van der Waals surface area contributed by atoms with Gasteiger partial charge in [-0.2, -0.15) is 0 Å². The van der Waals surface area contributed by atoms with Crippen molar-refractivity contribution in [1.29, 1.82) is 0 Å². The molecule has 1 aliphatic heterocycles. The zero-order valence-electron chi connectivity index (χ0n) is 18.4. The van der Waals surface area contributed by atoms with Crippen molar-refractivity contribution in [2.24, 2.45) is 0 Å². The Morgan fingerprint density at radius 3 is 2.29 bits per heavy atom. The van der Waals surface area contributed by atoms with Crippen LogP contribution in [0, 0.1) is 17.4 Å². The molecule has 0 saturated carbocycles. The van der Waals surface area contributed by atoms with Gasteiger partial charge in [-0.05, 0) is 117 Å². The summed E-state index contributed by atoms with van der Waals surface area (Å²) in [5, 5.41) is 2.26. The van der Waals surface area contributed by atoms with E-state index in [1.54, 1.807) is 30.3 Å². The van der Waals surface area contributed by atoms with E-state index in [0.717, 1.165) is 25.2 Å². The lowest BCUT2D eigenvalue weighted by atomic mass is 10.1. The van der Waals surface area contributed by atoms with Crippen LogP contribution in [-0.4, -0.2) is 17.8 Å². The van der Waals surface area contributed by atoms with Gasteiger partial charge in [-0.25, -0.2) is 9.69 Å². The normalized spacial score (nSPS) is 15.0. The van der Waals surface area contributed by atoms with Crippen molar-refractivity contribution in [3.63, 3.8) is 0 Å². The van der Waals surface area contributed by atoms with Gasteiger partial charge in [-0.15, -0.1) is 0 Å². The van der Waals surface area contributed by atoms with Crippen LogP contribution in [0.3, 0.4) is 0 Å². The summed E-state index contributed by atoms with van der Waals surface area (Å²) < 4.78 is 7.72. The molecule has 1 saturated heterocycles. The fourth-order valence-electron chi connectivity index (χ4n) is 3.60. The summed E-state index contributed by atoms with van der Waals surface area (Å²) in [6, 6.07) is 17.9. The van der Waals surface area contributed by atoms with Crippen molar-refractivity contribution >= 4 is 68.1 Å². The number of benzene rings is 3. The fraction of sp³-hybridized carbons (Fsp3) is 0.115. The van der Waals surface area contributed by atoms with Crippen molar-refractivity contribution in [3.05, 3.63) is 96.5 Å². The highest BCUT2D eigenvalue weighted by atomic mass is 127. The molecule has 8 heteroatoms. The Morgan fingerprint density at radius 2 is 1.65 bits per heavy atom. The molecule has 0 spiro atoms. The molecule has 1 fully saturated rings. The number of carbonyl (C=O) groups excluding carboxylic acids is 3. The zero-order chi connectivity index (χ0) is 24.4. The highest BCUT2D eigenvalue weighted by Gasteiger charge is 2.37. The number of carbonyl (C=O) groups is 3. The molecule has 1 N–H and O–H groups in total. The van der Waals surface area contributed by atoms with E-state index in [0.29, 0.717) is 28.1 Å². The van der Waals surface area contributed by atoms with Crippen molar-refractivity contribution in [2.75, 3.05) is 4.90 Å². The highest BCUT2D eigenvalue weighted by Crippen LogP contribution is 2.29. The van der Waals surface area contributed by atoms with Crippen LogP contribution in [0.15, 0.2) is 70.7 Å². The quantitative estimate of drug-likeness (QED) is 0.216. The molecule has 172 valence electrons. The molecule has 4 rings (SSSR count). The van der Waals surface area contributed by atoms with Gasteiger partial charge in [0.05, 0.1) is 10.2 Å². The van der Waals surface area contributed by atoms with Gasteiger partial charge in [0.1, 0.15) is 17.9 Å². The smallest absolute Gasteiger partial charge is 0.335 e. The molecular weight excluding hydrogens is 611 g/mol. The minimum absolute atomic E-state index is 0.127. The molecule has 4 amide bonds. The number of ether oxygens (including phenoxy) is 1. The molecule has 34 heavy (non-hydrogen) atoms. The fourth-order valence-corrected chi connectivity index (χ4v) is 4.47. The van der Waals surface area contributed by atoms with E-state index in [4.69, 9.17) is 4.74 Å². The molecule has 6 nitrogen and oxygen atoms in total. The zero-order valence-corrected chi connectivity index (χ0v) is 22.1. The second-order valence-corrected chi connectivity index (χ2v) is 10.0. The van der Waals surface area contributed by atoms with Gasteiger partial charge in [0.2, 0.25) is 0 Å². The second-order valence-electron chi connectivity index (χ2n) is 7.91. The number of hydrogen-bond donors (Lipinski definition) is 1. The molecule has 1 heterocycles. The number of nitrogens with zero attached hydrogens (tertiary/aromatic N) is 1. The van der Waals surface area contributed by atoms with Gasteiger partial charge in [0, 0.05) is 3.57 Å². The van der Waals surface area contributed by atoms with Crippen LogP contribution in [0.1, 0.15) is 22.3 Å². The van der Waals surface area contributed by atoms with Crippen LogP contribution >= 0.6 is 38.5 Å². The number of amides is 4. The first kappa shape index (κ1) is 24.2. The Kier molecular flexibility index (Phi) is 7.18. The standard InChI is InChI=1S/C26H20BrIN2O4/c1-15-9-16(2)11-20(10-15)30-25(32)21(24(31)29-26(30)33)12-18-5-8-23(22(27)13-18)34-14-17-3-6-19(28)7-4-17/h3-13H,14H2,1-2H3,(H,29,31,33)/b21-12+. The Labute approximate surface area is 219 Å². The molecule has 0 radical (unpaired) electrons. The van der Waals surface area contributed by atoms with Gasteiger partial charge in [-0.3, -0.25) is 14.9 Å². The first-order valence-electron chi connectivity index (χ1n) is 10.4. The largest absolute Gasteiger partial charge is 0.488 e. The number of hydrogen-bond acceptors (Lipinski definition) is 4. The van der Waals surface area contributed by atoms with E-state index in [-0.39, 0.29) is 5.57 Å². The van der Waals surface area contributed by atoms with Crippen molar-refractivity contribution in [1.82, 2.24) is 5.32 Å². The van der Waals surface area contributed by atoms with E-state index < -0.39 is 17.8 Å². The van der Waals surface area contributed by atoms with Gasteiger partial charge < -0.3 is 4.74 Å². The Bertz CT molecular complexity index is 1310. The van der Waals surface area contributed by atoms with E-state index in [1.165, 1.54) is 6.08 Å². The van der Waals surface area contributed by atoms with Crippen LogP contribution in [0.5, 0.6) is 5.75 Å². The third-order valence-corrected chi connectivity index (χ3v) is 6.48. The molecule has 0 aliphatic carbocycles. The Balaban J connectivity index is 1.57. The molecule has 1 aliphatic rings. The van der Waals surface area contributed by atoms with E-state index in [9.17, 15) is 14.4 Å². The maximum atomic E-state index is 13.1. The van der Waals surface area contributed by atoms with E-state index in [1.807, 2.05) is 44.2 Å². The molecular formula is C26H20BrIN2O4. The summed E-state index contributed by atoms with van der Waals surface area (Å²) in [6.07, 6.45) is 1.47. The number of barbiturate groups is 1. The van der Waals surface area contributed by atoms with Crippen LogP contribution in [0.25, 0.3) is 6.08 Å². The number of aryl methyl sites for hydroxylation is 2. The third-order valence-electron chi connectivity index (χ3n) is 5.14. The SMILES string of the molecule is Cc1cc(C)cc(N2C(=O)NC(=O)/C(=C\c3ccc(OCc4ccc(I)cc4)c(Br)c3)C2=O)c1. The minimum atomic E-state index is -0.766. The molecule has 0 unspecified atom stereocenters. The monoisotopic (exact) mass is 630 g/mol. The summed E-state index contributed by atoms with van der Waals surface area (Å²) in [4.78, 5) is 39.1. The lowest BCUT2D eigenvalue weighted by molar-refractivity contribution is -0.122. The molecule has 3 aromatic rings.